The lowest BCUT2D eigenvalue weighted by molar-refractivity contribution is 0.0573. The standard InChI is InChI=1S/C30H30F3N3O3/c1-5-26(21-13-22(31)15-23(32)14-21)36-27(16-39-17(2)3)35-29(37)25(30(36)38)12-19-6-8-20(9-7-19)24-10-11-34-28(33)18(24)4/h6-11,13-15,17,26,38H,5,12,16H2,1-4H3. The molecule has 39 heavy (non-hydrogen) atoms. The molecule has 1 atom stereocenters. The topological polar surface area (TPSA) is 77.2 Å². The van der Waals surface area contributed by atoms with Gasteiger partial charge >= 0.3 is 0 Å². The minimum Gasteiger partial charge on any atom is -0.494 e. The summed E-state index contributed by atoms with van der Waals surface area (Å²) in [6.45, 7) is 7.02. The Hall–Kier alpha value is -3.98. The highest BCUT2D eigenvalue weighted by molar-refractivity contribution is 5.66. The highest BCUT2D eigenvalue weighted by atomic mass is 19.1. The van der Waals surface area contributed by atoms with Crippen molar-refractivity contribution in [3.63, 3.8) is 0 Å². The van der Waals surface area contributed by atoms with E-state index in [1.807, 2.05) is 13.8 Å². The predicted molar refractivity (Wildman–Crippen MR) is 142 cm³/mol. The third-order valence-corrected chi connectivity index (χ3v) is 6.57. The van der Waals surface area contributed by atoms with Crippen molar-refractivity contribution in [3.8, 4) is 17.0 Å². The molecule has 0 radical (unpaired) electrons. The summed E-state index contributed by atoms with van der Waals surface area (Å²) in [6, 6.07) is 11.4. The van der Waals surface area contributed by atoms with Crippen molar-refractivity contribution in [1.29, 1.82) is 0 Å². The largest absolute Gasteiger partial charge is 0.494 e. The first-order chi connectivity index (χ1) is 18.6. The van der Waals surface area contributed by atoms with Crippen LogP contribution in [0.1, 0.15) is 61.3 Å². The fourth-order valence-corrected chi connectivity index (χ4v) is 4.59. The molecular formula is C30H30F3N3O3. The molecule has 0 saturated carbocycles. The van der Waals surface area contributed by atoms with Crippen LogP contribution < -0.4 is 5.56 Å². The summed E-state index contributed by atoms with van der Waals surface area (Å²) in [5.41, 5.74) is 2.31. The fraction of sp³-hybridized carbons (Fsp3) is 0.300. The van der Waals surface area contributed by atoms with E-state index in [1.165, 1.54) is 22.9 Å². The number of aromatic nitrogens is 3. The van der Waals surface area contributed by atoms with Gasteiger partial charge in [0.2, 0.25) is 11.8 Å². The van der Waals surface area contributed by atoms with Crippen LogP contribution in [0.15, 0.2) is 59.5 Å². The molecule has 4 aromatic rings. The van der Waals surface area contributed by atoms with Crippen molar-refractivity contribution in [2.45, 2.75) is 59.3 Å². The number of hydrogen-bond donors (Lipinski definition) is 1. The summed E-state index contributed by atoms with van der Waals surface area (Å²) in [6.07, 6.45) is 1.63. The van der Waals surface area contributed by atoms with Gasteiger partial charge < -0.3 is 9.84 Å². The average Bonchev–Trinajstić information content (AvgIpc) is 2.88. The van der Waals surface area contributed by atoms with Gasteiger partial charge in [0, 0.05) is 24.2 Å². The molecule has 0 saturated heterocycles. The van der Waals surface area contributed by atoms with Crippen molar-refractivity contribution >= 4 is 0 Å². The highest BCUT2D eigenvalue weighted by Crippen LogP contribution is 2.32. The van der Waals surface area contributed by atoms with Crippen LogP contribution in [0.4, 0.5) is 13.2 Å². The molecule has 0 spiro atoms. The quantitative estimate of drug-likeness (QED) is 0.255. The maximum Gasteiger partial charge on any atom is 0.280 e. The number of aromatic hydroxyl groups is 1. The monoisotopic (exact) mass is 537 g/mol. The van der Waals surface area contributed by atoms with E-state index in [1.54, 1.807) is 44.2 Å². The third kappa shape index (κ3) is 6.20. The zero-order valence-electron chi connectivity index (χ0n) is 22.2. The predicted octanol–water partition coefficient (Wildman–Crippen LogP) is 6.25. The van der Waals surface area contributed by atoms with E-state index < -0.39 is 29.2 Å². The first-order valence-corrected chi connectivity index (χ1v) is 12.7. The minimum atomic E-state index is -0.749. The van der Waals surface area contributed by atoms with E-state index in [4.69, 9.17) is 4.74 Å². The van der Waals surface area contributed by atoms with E-state index in [2.05, 4.69) is 9.97 Å². The van der Waals surface area contributed by atoms with Gasteiger partial charge in [-0.25, -0.2) is 13.8 Å². The Morgan fingerprint density at radius 2 is 1.69 bits per heavy atom. The van der Waals surface area contributed by atoms with Gasteiger partial charge in [-0.05, 0) is 67.6 Å². The molecule has 0 aliphatic rings. The van der Waals surface area contributed by atoms with E-state index >= 15 is 0 Å². The Kier molecular flexibility index (Phi) is 8.50. The molecule has 2 aromatic carbocycles. The smallest absolute Gasteiger partial charge is 0.280 e. The third-order valence-electron chi connectivity index (χ3n) is 6.57. The van der Waals surface area contributed by atoms with Crippen LogP contribution in [0.5, 0.6) is 5.88 Å². The Morgan fingerprint density at radius 1 is 1.03 bits per heavy atom. The van der Waals surface area contributed by atoms with E-state index in [-0.39, 0.29) is 42.0 Å². The second kappa shape index (κ2) is 11.8. The van der Waals surface area contributed by atoms with Gasteiger partial charge in [0.25, 0.3) is 5.56 Å². The van der Waals surface area contributed by atoms with Crippen LogP contribution in [0.3, 0.4) is 0 Å². The molecule has 0 aliphatic heterocycles. The van der Waals surface area contributed by atoms with Crippen molar-refractivity contribution < 1.29 is 23.0 Å². The number of benzene rings is 2. The van der Waals surface area contributed by atoms with Gasteiger partial charge in [0.15, 0.2) is 0 Å². The molecule has 9 heteroatoms. The molecule has 2 heterocycles. The summed E-state index contributed by atoms with van der Waals surface area (Å²) < 4.78 is 49.2. The van der Waals surface area contributed by atoms with Crippen LogP contribution in [0.25, 0.3) is 11.1 Å². The zero-order valence-corrected chi connectivity index (χ0v) is 22.2. The van der Waals surface area contributed by atoms with Gasteiger partial charge in [-0.1, -0.05) is 31.2 Å². The molecule has 0 amide bonds. The van der Waals surface area contributed by atoms with Gasteiger partial charge in [-0.3, -0.25) is 9.36 Å². The zero-order chi connectivity index (χ0) is 28.3. The lowest BCUT2D eigenvalue weighted by Gasteiger charge is -2.25. The molecule has 0 fully saturated rings. The number of halogens is 3. The maximum absolute atomic E-state index is 14.1. The van der Waals surface area contributed by atoms with E-state index in [0.717, 1.165) is 11.6 Å². The average molecular weight is 538 g/mol. The van der Waals surface area contributed by atoms with Gasteiger partial charge in [-0.2, -0.15) is 9.37 Å². The number of ether oxygens (including phenoxy) is 1. The molecule has 0 aliphatic carbocycles. The molecule has 6 nitrogen and oxygen atoms in total. The van der Waals surface area contributed by atoms with Crippen LogP contribution in [-0.2, 0) is 17.8 Å². The van der Waals surface area contributed by atoms with Gasteiger partial charge in [0.05, 0.1) is 17.7 Å². The van der Waals surface area contributed by atoms with Crippen molar-refractivity contribution in [2.24, 2.45) is 0 Å². The fourth-order valence-electron chi connectivity index (χ4n) is 4.59. The normalized spacial score (nSPS) is 12.2. The Bertz CT molecular complexity index is 1520. The van der Waals surface area contributed by atoms with Crippen molar-refractivity contribution in [2.75, 3.05) is 0 Å². The van der Waals surface area contributed by atoms with Crippen LogP contribution in [-0.4, -0.2) is 25.7 Å². The number of hydrogen-bond acceptors (Lipinski definition) is 5. The molecule has 2 aromatic heterocycles. The molecule has 1 unspecified atom stereocenters. The highest BCUT2D eigenvalue weighted by Gasteiger charge is 2.24. The summed E-state index contributed by atoms with van der Waals surface area (Å²) in [5.74, 6) is -2.23. The number of pyridine rings is 1. The Morgan fingerprint density at radius 3 is 2.31 bits per heavy atom. The molecule has 1 N–H and O–H groups in total. The molecule has 204 valence electrons. The van der Waals surface area contributed by atoms with E-state index in [9.17, 15) is 23.1 Å². The van der Waals surface area contributed by atoms with Gasteiger partial charge in [0.1, 0.15) is 24.1 Å². The van der Waals surface area contributed by atoms with Crippen LogP contribution >= 0.6 is 0 Å². The second-order valence-electron chi connectivity index (χ2n) is 9.64. The van der Waals surface area contributed by atoms with Gasteiger partial charge in [-0.15, -0.1) is 0 Å². The van der Waals surface area contributed by atoms with Crippen LogP contribution in [0.2, 0.25) is 0 Å². The lowest BCUT2D eigenvalue weighted by atomic mass is 9.98. The summed E-state index contributed by atoms with van der Waals surface area (Å²) >= 11 is 0. The first-order valence-electron chi connectivity index (χ1n) is 12.7. The van der Waals surface area contributed by atoms with E-state index in [0.29, 0.717) is 23.1 Å². The SMILES string of the molecule is CCC(c1cc(F)cc(F)c1)n1c(COC(C)C)nc(=O)c(Cc2ccc(-c3ccnc(F)c3C)cc2)c1O. The number of nitrogens with zero attached hydrogens (tertiary/aromatic N) is 3. The summed E-state index contributed by atoms with van der Waals surface area (Å²) in [7, 11) is 0. The molecular weight excluding hydrogens is 507 g/mol. The first kappa shape index (κ1) is 28.0. The summed E-state index contributed by atoms with van der Waals surface area (Å²) in [5, 5.41) is 11.4. The maximum atomic E-state index is 14.1. The Balaban J connectivity index is 1.77. The van der Waals surface area contributed by atoms with Crippen molar-refractivity contribution in [3.05, 3.63) is 111 Å². The minimum absolute atomic E-state index is 0.0394. The summed E-state index contributed by atoms with van der Waals surface area (Å²) in [4.78, 5) is 21.0. The molecule has 4 rings (SSSR count). The van der Waals surface area contributed by atoms with Crippen molar-refractivity contribution in [1.82, 2.24) is 14.5 Å². The lowest BCUT2D eigenvalue weighted by Crippen LogP contribution is -2.26. The number of rotatable bonds is 9. The molecule has 0 bridgehead atoms. The Labute approximate surface area is 224 Å². The van der Waals surface area contributed by atoms with Crippen LogP contribution in [0, 0.1) is 24.5 Å². The second-order valence-corrected chi connectivity index (χ2v) is 9.64.